The molecule has 0 amide bonds. The highest BCUT2D eigenvalue weighted by Gasteiger charge is 2.15. The standard InChI is InChI=1S/C19H18ClF2N3O3/c1-12-8-17(28-11-13-2-3-14(21)9-16(13)22)18(20)19(27)25(12)10-15-4-5-24(23-15)6-7-26/h2-5,8-9,26H,6-7,10-11H2,1H3. The summed E-state index contributed by atoms with van der Waals surface area (Å²) in [4.78, 5) is 12.6. The lowest BCUT2D eigenvalue weighted by Gasteiger charge is -2.14. The Labute approximate surface area is 164 Å². The normalized spacial score (nSPS) is 11.0. The maximum atomic E-state index is 13.7. The summed E-state index contributed by atoms with van der Waals surface area (Å²) in [5.41, 5.74) is 0.902. The predicted octanol–water partition coefficient (Wildman–Crippen LogP) is 2.90. The molecular weight excluding hydrogens is 392 g/mol. The lowest BCUT2D eigenvalue weighted by molar-refractivity contribution is 0.269. The molecule has 0 saturated heterocycles. The summed E-state index contributed by atoms with van der Waals surface area (Å²) >= 11 is 6.15. The Morgan fingerprint density at radius 1 is 1.25 bits per heavy atom. The summed E-state index contributed by atoms with van der Waals surface area (Å²) in [6.07, 6.45) is 1.71. The molecule has 0 saturated carbocycles. The predicted molar refractivity (Wildman–Crippen MR) is 99.6 cm³/mol. The van der Waals surface area contributed by atoms with E-state index in [1.807, 2.05) is 0 Å². The molecule has 6 nitrogen and oxygen atoms in total. The molecule has 2 aromatic heterocycles. The third kappa shape index (κ3) is 4.40. The van der Waals surface area contributed by atoms with Crippen LogP contribution >= 0.6 is 11.6 Å². The van der Waals surface area contributed by atoms with E-state index in [0.717, 1.165) is 12.1 Å². The molecule has 0 spiro atoms. The van der Waals surface area contributed by atoms with Crippen LogP contribution in [0.3, 0.4) is 0 Å². The fraction of sp³-hybridized carbons (Fsp3) is 0.263. The number of aliphatic hydroxyl groups excluding tert-OH is 1. The van der Waals surface area contributed by atoms with Crippen molar-refractivity contribution in [2.75, 3.05) is 6.61 Å². The maximum Gasteiger partial charge on any atom is 0.273 e. The van der Waals surface area contributed by atoms with Crippen molar-refractivity contribution in [2.24, 2.45) is 0 Å². The van der Waals surface area contributed by atoms with E-state index in [4.69, 9.17) is 21.4 Å². The smallest absolute Gasteiger partial charge is 0.273 e. The van der Waals surface area contributed by atoms with Crippen molar-refractivity contribution >= 4 is 11.6 Å². The van der Waals surface area contributed by atoms with Gasteiger partial charge >= 0.3 is 0 Å². The Kier molecular flexibility index (Phi) is 6.11. The van der Waals surface area contributed by atoms with Crippen LogP contribution in [0.2, 0.25) is 5.02 Å². The first-order chi connectivity index (χ1) is 13.4. The molecule has 2 heterocycles. The van der Waals surface area contributed by atoms with Gasteiger partial charge in [-0.2, -0.15) is 5.10 Å². The molecule has 28 heavy (non-hydrogen) atoms. The SMILES string of the molecule is Cc1cc(OCc2ccc(F)cc2F)c(Cl)c(=O)n1Cc1ccn(CCO)n1. The van der Waals surface area contributed by atoms with E-state index in [9.17, 15) is 13.6 Å². The third-order valence-electron chi connectivity index (χ3n) is 4.16. The van der Waals surface area contributed by atoms with E-state index in [2.05, 4.69) is 5.10 Å². The van der Waals surface area contributed by atoms with Gasteiger partial charge in [-0.25, -0.2) is 8.78 Å². The van der Waals surface area contributed by atoms with Gasteiger partial charge in [0.1, 0.15) is 29.0 Å². The fourth-order valence-electron chi connectivity index (χ4n) is 2.69. The molecule has 0 aliphatic heterocycles. The lowest BCUT2D eigenvalue weighted by Crippen LogP contribution is -2.24. The largest absolute Gasteiger partial charge is 0.487 e. The number of aryl methyl sites for hydroxylation is 1. The van der Waals surface area contributed by atoms with Gasteiger partial charge in [0, 0.05) is 29.6 Å². The number of benzene rings is 1. The summed E-state index contributed by atoms with van der Waals surface area (Å²) in [6, 6.07) is 6.49. The number of ether oxygens (including phenoxy) is 1. The zero-order chi connectivity index (χ0) is 20.3. The van der Waals surface area contributed by atoms with Crippen molar-refractivity contribution in [1.82, 2.24) is 14.3 Å². The zero-order valence-electron chi connectivity index (χ0n) is 15.0. The summed E-state index contributed by atoms with van der Waals surface area (Å²) < 4.78 is 35.2. The molecule has 0 fully saturated rings. The number of halogens is 3. The van der Waals surface area contributed by atoms with Crippen LogP contribution < -0.4 is 10.3 Å². The van der Waals surface area contributed by atoms with Gasteiger partial charge in [0.05, 0.1) is 25.4 Å². The van der Waals surface area contributed by atoms with Crippen molar-refractivity contribution in [3.05, 3.63) is 80.5 Å². The van der Waals surface area contributed by atoms with Crippen LogP contribution in [0.15, 0.2) is 41.3 Å². The van der Waals surface area contributed by atoms with Crippen LogP contribution in [-0.2, 0) is 19.7 Å². The molecule has 148 valence electrons. The van der Waals surface area contributed by atoms with Gasteiger partial charge in [-0.15, -0.1) is 0 Å². The average Bonchev–Trinajstić information content (AvgIpc) is 3.09. The molecule has 0 aliphatic carbocycles. The number of pyridine rings is 1. The Bertz CT molecular complexity index is 1050. The minimum absolute atomic E-state index is 0.0351. The van der Waals surface area contributed by atoms with E-state index in [1.54, 1.807) is 29.9 Å². The zero-order valence-corrected chi connectivity index (χ0v) is 15.8. The Morgan fingerprint density at radius 2 is 2.04 bits per heavy atom. The first-order valence-corrected chi connectivity index (χ1v) is 8.86. The second-order valence-corrected chi connectivity index (χ2v) is 6.55. The second-order valence-electron chi connectivity index (χ2n) is 6.17. The first kappa shape index (κ1) is 20.0. The van der Waals surface area contributed by atoms with Crippen LogP contribution in [0.1, 0.15) is 17.0 Å². The van der Waals surface area contributed by atoms with Crippen LogP contribution in [0.4, 0.5) is 8.78 Å². The maximum absolute atomic E-state index is 13.7. The summed E-state index contributed by atoms with van der Waals surface area (Å²) in [6.45, 7) is 2.05. The van der Waals surface area contributed by atoms with Gasteiger partial charge in [0.15, 0.2) is 0 Å². The number of hydrogen-bond donors (Lipinski definition) is 1. The van der Waals surface area contributed by atoms with Crippen molar-refractivity contribution < 1.29 is 18.6 Å². The van der Waals surface area contributed by atoms with E-state index < -0.39 is 17.2 Å². The molecule has 0 bridgehead atoms. The van der Waals surface area contributed by atoms with Crippen molar-refractivity contribution in [3.8, 4) is 5.75 Å². The third-order valence-corrected chi connectivity index (χ3v) is 4.51. The molecule has 1 aromatic carbocycles. The lowest BCUT2D eigenvalue weighted by atomic mass is 10.2. The van der Waals surface area contributed by atoms with E-state index in [1.165, 1.54) is 10.6 Å². The highest BCUT2D eigenvalue weighted by atomic mass is 35.5. The van der Waals surface area contributed by atoms with Gasteiger partial charge in [0.2, 0.25) is 0 Å². The molecule has 0 aliphatic rings. The fourth-order valence-corrected chi connectivity index (χ4v) is 2.90. The topological polar surface area (TPSA) is 69.3 Å². The number of rotatable bonds is 7. The van der Waals surface area contributed by atoms with Crippen molar-refractivity contribution in [2.45, 2.75) is 26.6 Å². The minimum Gasteiger partial charge on any atom is -0.487 e. The number of hydrogen-bond acceptors (Lipinski definition) is 4. The van der Waals surface area contributed by atoms with Crippen LogP contribution in [0.25, 0.3) is 0 Å². The Morgan fingerprint density at radius 3 is 2.75 bits per heavy atom. The molecule has 0 unspecified atom stereocenters. The number of nitrogens with zero attached hydrogens (tertiary/aromatic N) is 3. The van der Waals surface area contributed by atoms with E-state index in [0.29, 0.717) is 17.9 Å². The van der Waals surface area contributed by atoms with E-state index >= 15 is 0 Å². The molecule has 0 atom stereocenters. The Balaban J connectivity index is 1.80. The van der Waals surface area contributed by atoms with E-state index in [-0.39, 0.29) is 36.1 Å². The highest BCUT2D eigenvalue weighted by Crippen LogP contribution is 2.24. The summed E-state index contributed by atoms with van der Waals surface area (Å²) in [7, 11) is 0. The van der Waals surface area contributed by atoms with Gasteiger partial charge < -0.3 is 14.4 Å². The summed E-state index contributed by atoms with van der Waals surface area (Å²) in [5.74, 6) is -1.30. The average molecular weight is 410 g/mol. The van der Waals surface area contributed by atoms with Crippen LogP contribution in [-0.4, -0.2) is 26.1 Å². The van der Waals surface area contributed by atoms with Gasteiger partial charge in [-0.05, 0) is 25.1 Å². The molecule has 9 heteroatoms. The summed E-state index contributed by atoms with van der Waals surface area (Å²) in [5, 5.41) is 13.1. The molecule has 0 radical (unpaired) electrons. The first-order valence-electron chi connectivity index (χ1n) is 8.49. The van der Waals surface area contributed by atoms with Crippen LogP contribution in [0.5, 0.6) is 5.75 Å². The monoisotopic (exact) mass is 409 g/mol. The molecule has 3 aromatic rings. The number of aromatic nitrogens is 3. The minimum atomic E-state index is -0.736. The van der Waals surface area contributed by atoms with Gasteiger partial charge in [0.25, 0.3) is 5.56 Å². The Hall–Kier alpha value is -2.71. The quantitative estimate of drug-likeness (QED) is 0.651. The highest BCUT2D eigenvalue weighted by molar-refractivity contribution is 6.31. The molecular formula is C19H18ClF2N3O3. The van der Waals surface area contributed by atoms with Crippen molar-refractivity contribution in [1.29, 1.82) is 0 Å². The second kappa shape index (κ2) is 8.53. The van der Waals surface area contributed by atoms with Gasteiger partial charge in [-0.1, -0.05) is 11.6 Å². The van der Waals surface area contributed by atoms with Crippen molar-refractivity contribution in [3.63, 3.8) is 0 Å². The number of aliphatic hydroxyl groups is 1. The molecule has 1 N–H and O–H groups in total. The molecule has 3 rings (SSSR count). The van der Waals surface area contributed by atoms with Gasteiger partial charge in [-0.3, -0.25) is 9.48 Å². The van der Waals surface area contributed by atoms with Crippen LogP contribution in [0, 0.1) is 18.6 Å².